The number of unbranched alkanes of at least 4 members (excludes halogenated alkanes) is 3. The number of carbonyl (C=O) groups excluding carboxylic acids is 1. The van der Waals surface area contributed by atoms with Gasteiger partial charge in [-0.1, -0.05) is 46.1 Å². The zero-order chi connectivity index (χ0) is 16.5. The van der Waals surface area contributed by atoms with Crippen LogP contribution in [0.1, 0.15) is 52.9 Å². The van der Waals surface area contributed by atoms with E-state index in [1.54, 1.807) is 0 Å². The second-order valence-electron chi connectivity index (χ2n) is 6.76. The largest absolute Gasteiger partial charge is 0.378 e. The molecule has 1 unspecified atom stereocenters. The van der Waals surface area contributed by atoms with Crippen LogP contribution < -0.4 is 0 Å². The van der Waals surface area contributed by atoms with E-state index in [0.29, 0.717) is 11.8 Å². The molecule has 0 bridgehead atoms. The van der Waals surface area contributed by atoms with Gasteiger partial charge in [0.1, 0.15) is 0 Å². The zero-order valence-corrected chi connectivity index (χ0v) is 14.8. The predicted octanol–water partition coefficient (Wildman–Crippen LogP) is 3.52. The van der Waals surface area contributed by atoms with Gasteiger partial charge < -0.3 is 9.80 Å². The normalized spacial score (nSPS) is 17.3. The standard InChI is InChI=1S/C19H32N2O/c1-6-7-8-9-10-11-19(22)21-13-12-18(15-21)17(4)20(5)14-16(2)3/h16,18H,4,6-9,12-15H2,1-3,5H3. The topological polar surface area (TPSA) is 23.6 Å². The molecule has 1 amide bonds. The highest BCUT2D eigenvalue weighted by Gasteiger charge is 2.28. The predicted molar refractivity (Wildman–Crippen MR) is 93.2 cm³/mol. The Labute approximate surface area is 136 Å². The molecule has 1 atom stereocenters. The summed E-state index contributed by atoms with van der Waals surface area (Å²) in [6.07, 6.45) is 5.31. The molecule has 1 heterocycles. The molecule has 0 aromatic carbocycles. The average Bonchev–Trinajstić information content (AvgIpc) is 2.95. The Morgan fingerprint density at radius 3 is 2.77 bits per heavy atom. The molecule has 0 saturated carbocycles. The summed E-state index contributed by atoms with van der Waals surface area (Å²) in [6, 6.07) is 0. The molecule has 1 aliphatic heterocycles. The highest BCUT2D eigenvalue weighted by Crippen LogP contribution is 2.25. The first-order valence-electron chi connectivity index (χ1n) is 8.63. The summed E-state index contributed by atoms with van der Waals surface area (Å²) >= 11 is 0. The first-order valence-corrected chi connectivity index (χ1v) is 8.63. The van der Waals surface area contributed by atoms with E-state index < -0.39 is 0 Å². The lowest BCUT2D eigenvalue weighted by atomic mass is 10.0. The minimum absolute atomic E-state index is 0.0155. The number of rotatable bonds is 7. The lowest BCUT2D eigenvalue weighted by Gasteiger charge is -2.27. The van der Waals surface area contributed by atoms with Gasteiger partial charge in [-0.15, -0.1) is 0 Å². The molecule has 0 N–H and O–H groups in total. The second-order valence-corrected chi connectivity index (χ2v) is 6.76. The Kier molecular flexibility index (Phi) is 8.09. The van der Waals surface area contributed by atoms with E-state index in [-0.39, 0.29) is 5.91 Å². The van der Waals surface area contributed by atoms with Crippen molar-refractivity contribution in [3.8, 4) is 11.8 Å². The quantitative estimate of drug-likeness (QED) is 0.531. The molecule has 1 saturated heterocycles. The highest BCUT2D eigenvalue weighted by atomic mass is 16.2. The van der Waals surface area contributed by atoms with E-state index in [9.17, 15) is 4.79 Å². The summed E-state index contributed by atoms with van der Waals surface area (Å²) in [5, 5.41) is 0. The summed E-state index contributed by atoms with van der Waals surface area (Å²) in [5.41, 5.74) is 1.15. The third-order valence-corrected chi connectivity index (χ3v) is 4.18. The third-order valence-electron chi connectivity index (χ3n) is 4.18. The number of carbonyl (C=O) groups is 1. The van der Waals surface area contributed by atoms with Crippen LogP contribution in [0.15, 0.2) is 12.3 Å². The minimum Gasteiger partial charge on any atom is -0.378 e. The van der Waals surface area contributed by atoms with Crippen molar-refractivity contribution < 1.29 is 4.79 Å². The van der Waals surface area contributed by atoms with Gasteiger partial charge in [0.05, 0.1) is 0 Å². The van der Waals surface area contributed by atoms with Gasteiger partial charge in [0, 0.05) is 44.7 Å². The summed E-state index contributed by atoms with van der Waals surface area (Å²) in [5.74, 6) is 6.80. The minimum atomic E-state index is -0.0155. The first kappa shape index (κ1) is 18.6. The van der Waals surface area contributed by atoms with Crippen LogP contribution in [0.25, 0.3) is 0 Å². The van der Waals surface area contributed by atoms with Crippen LogP contribution in [0.4, 0.5) is 0 Å². The second kappa shape index (κ2) is 9.56. The fourth-order valence-electron chi connectivity index (χ4n) is 2.87. The van der Waals surface area contributed by atoms with Gasteiger partial charge in [0.15, 0.2) is 0 Å². The lowest BCUT2D eigenvalue weighted by molar-refractivity contribution is -0.124. The summed E-state index contributed by atoms with van der Waals surface area (Å²) in [4.78, 5) is 16.2. The van der Waals surface area contributed by atoms with Crippen molar-refractivity contribution in [1.82, 2.24) is 9.80 Å². The van der Waals surface area contributed by atoms with Crippen molar-refractivity contribution in [2.75, 3.05) is 26.7 Å². The molecular formula is C19H32N2O. The number of amides is 1. The number of likely N-dealkylation sites (tertiary alicyclic amines) is 1. The Bertz CT molecular complexity index is 430. The number of hydrogen-bond acceptors (Lipinski definition) is 2. The summed E-state index contributed by atoms with van der Waals surface area (Å²) in [6.45, 7) is 13.4. The Balaban J connectivity index is 2.41. The van der Waals surface area contributed by atoms with E-state index in [0.717, 1.165) is 44.6 Å². The average molecular weight is 304 g/mol. The molecule has 1 fully saturated rings. The van der Waals surface area contributed by atoms with Crippen LogP contribution in [0.2, 0.25) is 0 Å². The number of hydrogen-bond donors (Lipinski definition) is 0. The van der Waals surface area contributed by atoms with E-state index in [4.69, 9.17) is 0 Å². The van der Waals surface area contributed by atoms with Gasteiger partial charge in [-0.25, -0.2) is 0 Å². The van der Waals surface area contributed by atoms with Gasteiger partial charge in [-0.3, -0.25) is 4.79 Å². The molecule has 1 rings (SSSR count). The van der Waals surface area contributed by atoms with Crippen molar-refractivity contribution in [3.63, 3.8) is 0 Å². The molecule has 0 radical (unpaired) electrons. The Morgan fingerprint density at radius 2 is 2.14 bits per heavy atom. The van der Waals surface area contributed by atoms with Gasteiger partial charge in [-0.05, 0) is 24.7 Å². The van der Waals surface area contributed by atoms with Crippen LogP contribution in [-0.4, -0.2) is 42.4 Å². The van der Waals surface area contributed by atoms with Gasteiger partial charge in [0.2, 0.25) is 0 Å². The smallest absolute Gasteiger partial charge is 0.298 e. The van der Waals surface area contributed by atoms with Gasteiger partial charge >= 0.3 is 0 Å². The van der Waals surface area contributed by atoms with Gasteiger partial charge in [-0.2, -0.15) is 0 Å². The zero-order valence-electron chi connectivity index (χ0n) is 14.8. The molecule has 22 heavy (non-hydrogen) atoms. The van der Waals surface area contributed by atoms with Crippen LogP contribution >= 0.6 is 0 Å². The van der Waals surface area contributed by atoms with Crippen molar-refractivity contribution >= 4 is 5.91 Å². The van der Waals surface area contributed by atoms with Crippen molar-refractivity contribution in [1.29, 1.82) is 0 Å². The first-order chi connectivity index (χ1) is 10.5. The maximum Gasteiger partial charge on any atom is 0.298 e. The fraction of sp³-hybridized carbons (Fsp3) is 0.737. The molecule has 3 nitrogen and oxygen atoms in total. The molecule has 0 aromatic heterocycles. The lowest BCUT2D eigenvalue weighted by Crippen LogP contribution is -2.30. The summed E-state index contributed by atoms with van der Waals surface area (Å²) in [7, 11) is 2.10. The van der Waals surface area contributed by atoms with Crippen LogP contribution in [0, 0.1) is 23.7 Å². The number of nitrogens with zero attached hydrogens (tertiary/aromatic N) is 2. The Hall–Kier alpha value is -1.43. The molecular weight excluding hydrogens is 272 g/mol. The SMILES string of the molecule is C=C(C1CCN(C(=O)C#CCCCCC)C1)N(C)CC(C)C. The molecule has 0 aromatic rings. The highest BCUT2D eigenvalue weighted by molar-refractivity contribution is 5.93. The molecule has 0 aliphatic carbocycles. The van der Waals surface area contributed by atoms with Crippen molar-refractivity contribution in [2.45, 2.75) is 52.9 Å². The molecule has 0 spiro atoms. The van der Waals surface area contributed by atoms with Crippen LogP contribution in [-0.2, 0) is 4.79 Å². The van der Waals surface area contributed by atoms with E-state index in [2.05, 4.69) is 51.1 Å². The molecule has 3 heteroatoms. The molecule has 124 valence electrons. The maximum absolute atomic E-state index is 12.1. The van der Waals surface area contributed by atoms with Gasteiger partial charge in [0.25, 0.3) is 5.91 Å². The van der Waals surface area contributed by atoms with Crippen LogP contribution in [0.5, 0.6) is 0 Å². The third kappa shape index (κ3) is 6.13. The van der Waals surface area contributed by atoms with E-state index in [1.807, 2.05) is 4.90 Å². The monoisotopic (exact) mass is 304 g/mol. The van der Waals surface area contributed by atoms with Crippen molar-refractivity contribution in [2.24, 2.45) is 11.8 Å². The summed E-state index contributed by atoms with van der Waals surface area (Å²) < 4.78 is 0. The fourth-order valence-corrected chi connectivity index (χ4v) is 2.87. The molecule has 1 aliphatic rings. The van der Waals surface area contributed by atoms with E-state index in [1.165, 1.54) is 12.8 Å². The van der Waals surface area contributed by atoms with Crippen LogP contribution in [0.3, 0.4) is 0 Å². The Morgan fingerprint density at radius 1 is 1.41 bits per heavy atom. The van der Waals surface area contributed by atoms with E-state index >= 15 is 0 Å². The maximum atomic E-state index is 12.1. The van der Waals surface area contributed by atoms with Crippen molar-refractivity contribution in [3.05, 3.63) is 12.3 Å².